The van der Waals surface area contributed by atoms with Crippen LogP contribution in [0.15, 0.2) is 36.9 Å². The van der Waals surface area contributed by atoms with E-state index in [2.05, 4.69) is 17.2 Å². The Morgan fingerprint density at radius 2 is 2.00 bits per heavy atom. The zero-order valence-electron chi connectivity index (χ0n) is 9.12. The van der Waals surface area contributed by atoms with Crippen LogP contribution in [0.1, 0.15) is 5.56 Å². The van der Waals surface area contributed by atoms with E-state index in [0.717, 1.165) is 5.56 Å². The number of carbonyl (C=O) groups excluding carboxylic acids is 2. The normalized spacial score (nSPS) is 9.31. The molecular formula is C12H14N2O2. The van der Waals surface area contributed by atoms with Crippen LogP contribution in [0.3, 0.4) is 0 Å². The first-order valence-electron chi connectivity index (χ1n) is 4.91. The summed E-state index contributed by atoms with van der Waals surface area (Å²) in [5.74, 6) is -1.33. The van der Waals surface area contributed by atoms with Gasteiger partial charge in [-0.2, -0.15) is 0 Å². The molecule has 0 saturated heterocycles. The summed E-state index contributed by atoms with van der Waals surface area (Å²) < 4.78 is 0. The van der Waals surface area contributed by atoms with Gasteiger partial charge < -0.3 is 10.6 Å². The molecular weight excluding hydrogens is 204 g/mol. The maximum Gasteiger partial charge on any atom is 0.313 e. The van der Waals surface area contributed by atoms with Gasteiger partial charge in [-0.25, -0.2) is 0 Å². The first-order chi connectivity index (χ1) is 7.65. The highest BCUT2D eigenvalue weighted by molar-refractivity contribution is 6.39. The van der Waals surface area contributed by atoms with Crippen molar-refractivity contribution in [2.24, 2.45) is 0 Å². The molecule has 16 heavy (non-hydrogen) atoms. The van der Waals surface area contributed by atoms with E-state index in [0.29, 0.717) is 5.69 Å². The zero-order valence-corrected chi connectivity index (χ0v) is 9.12. The van der Waals surface area contributed by atoms with Gasteiger partial charge in [-0.05, 0) is 18.6 Å². The number of amides is 2. The maximum absolute atomic E-state index is 11.4. The SMILES string of the molecule is C=CCNC(=O)C(=O)Nc1ccccc1C. The van der Waals surface area contributed by atoms with Crippen LogP contribution in [0, 0.1) is 6.92 Å². The lowest BCUT2D eigenvalue weighted by Crippen LogP contribution is -2.35. The minimum Gasteiger partial charge on any atom is -0.344 e. The monoisotopic (exact) mass is 218 g/mol. The fourth-order valence-electron chi connectivity index (χ4n) is 1.14. The first kappa shape index (κ1) is 12.0. The molecule has 4 heteroatoms. The van der Waals surface area contributed by atoms with E-state index >= 15 is 0 Å². The summed E-state index contributed by atoms with van der Waals surface area (Å²) in [6.45, 7) is 5.58. The molecule has 84 valence electrons. The zero-order chi connectivity index (χ0) is 12.0. The molecule has 1 aromatic rings. The minimum absolute atomic E-state index is 0.278. The Morgan fingerprint density at radius 1 is 1.31 bits per heavy atom. The van der Waals surface area contributed by atoms with Gasteiger partial charge in [-0.15, -0.1) is 6.58 Å². The number of nitrogens with one attached hydrogen (secondary N) is 2. The fraction of sp³-hybridized carbons (Fsp3) is 0.167. The van der Waals surface area contributed by atoms with Gasteiger partial charge in [0.15, 0.2) is 0 Å². The molecule has 0 fully saturated rings. The molecule has 2 amide bonds. The van der Waals surface area contributed by atoms with E-state index < -0.39 is 11.8 Å². The van der Waals surface area contributed by atoms with Gasteiger partial charge in [0, 0.05) is 12.2 Å². The van der Waals surface area contributed by atoms with Crippen LogP contribution >= 0.6 is 0 Å². The molecule has 2 N–H and O–H groups in total. The van der Waals surface area contributed by atoms with E-state index in [9.17, 15) is 9.59 Å². The Hall–Kier alpha value is -2.10. The number of carbonyl (C=O) groups is 2. The third kappa shape index (κ3) is 3.24. The summed E-state index contributed by atoms with van der Waals surface area (Å²) in [4.78, 5) is 22.7. The van der Waals surface area contributed by atoms with E-state index in [4.69, 9.17) is 0 Å². The van der Waals surface area contributed by atoms with Crippen molar-refractivity contribution in [3.63, 3.8) is 0 Å². The van der Waals surface area contributed by atoms with Crippen LogP contribution in [0.4, 0.5) is 5.69 Å². The smallest absolute Gasteiger partial charge is 0.313 e. The van der Waals surface area contributed by atoms with Crippen molar-refractivity contribution in [1.29, 1.82) is 0 Å². The van der Waals surface area contributed by atoms with Crippen molar-refractivity contribution in [1.82, 2.24) is 5.32 Å². The first-order valence-corrected chi connectivity index (χ1v) is 4.91. The topological polar surface area (TPSA) is 58.2 Å². The Labute approximate surface area is 94.4 Å². The second-order valence-corrected chi connectivity index (χ2v) is 3.27. The predicted octanol–water partition coefficient (Wildman–Crippen LogP) is 1.24. The highest BCUT2D eigenvalue weighted by atomic mass is 16.2. The standard InChI is InChI=1S/C12H14N2O2/c1-3-8-13-11(15)12(16)14-10-7-5-4-6-9(10)2/h3-7H,1,8H2,2H3,(H,13,15)(H,14,16). The van der Waals surface area contributed by atoms with Gasteiger partial charge in [0.2, 0.25) is 0 Å². The Morgan fingerprint density at radius 3 is 2.62 bits per heavy atom. The number of aryl methyl sites for hydroxylation is 1. The summed E-state index contributed by atoms with van der Waals surface area (Å²) in [5.41, 5.74) is 1.55. The third-order valence-corrected chi connectivity index (χ3v) is 2.01. The van der Waals surface area contributed by atoms with Crippen LogP contribution in [-0.2, 0) is 9.59 Å². The molecule has 0 aliphatic heterocycles. The fourth-order valence-corrected chi connectivity index (χ4v) is 1.14. The molecule has 0 aliphatic rings. The van der Waals surface area contributed by atoms with Crippen molar-refractivity contribution < 1.29 is 9.59 Å². The van der Waals surface area contributed by atoms with Gasteiger partial charge >= 0.3 is 11.8 Å². The maximum atomic E-state index is 11.4. The molecule has 0 heterocycles. The van der Waals surface area contributed by atoms with Gasteiger partial charge in [0.25, 0.3) is 0 Å². The van der Waals surface area contributed by atoms with Crippen molar-refractivity contribution >= 4 is 17.5 Å². The molecule has 1 aromatic carbocycles. The Bertz CT molecular complexity index is 413. The van der Waals surface area contributed by atoms with E-state index in [1.165, 1.54) is 6.08 Å². The highest BCUT2D eigenvalue weighted by Crippen LogP contribution is 2.12. The lowest BCUT2D eigenvalue weighted by Gasteiger charge is -2.07. The number of anilines is 1. The number of hydrogen-bond acceptors (Lipinski definition) is 2. The number of rotatable bonds is 3. The number of benzene rings is 1. The molecule has 0 aromatic heterocycles. The average molecular weight is 218 g/mol. The third-order valence-electron chi connectivity index (χ3n) is 2.01. The van der Waals surface area contributed by atoms with E-state index in [-0.39, 0.29) is 6.54 Å². The molecule has 0 atom stereocenters. The highest BCUT2D eigenvalue weighted by Gasteiger charge is 2.12. The molecule has 4 nitrogen and oxygen atoms in total. The van der Waals surface area contributed by atoms with Crippen molar-refractivity contribution in [2.45, 2.75) is 6.92 Å². The largest absolute Gasteiger partial charge is 0.344 e. The molecule has 1 rings (SSSR count). The van der Waals surface area contributed by atoms with Crippen molar-refractivity contribution in [3.05, 3.63) is 42.5 Å². The van der Waals surface area contributed by atoms with E-state index in [1.807, 2.05) is 19.1 Å². The molecule has 0 bridgehead atoms. The molecule has 0 aliphatic carbocycles. The summed E-state index contributed by atoms with van der Waals surface area (Å²) in [7, 11) is 0. The second-order valence-electron chi connectivity index (χ2n) is 3.27. The van der Waals surface area contributed by atoms with Crippen LogP contribution < -0.4 is 10.6 Å². The molecule has 0 unspecified atom stereocenters. The lowest BCUT2D eigenvalue weighted by atomic mass is 10.2. The summed E-state index contributed by atoms with van der Waals surface area (Å²) in [5, 5.41) is 4.94. The van der Waals surface area contributed by atoms with Crippen molar-refractivity contribution in [2.75, 3.05) is 11.9 Å². The van der Waals surface area contributed by atoms with Gasteiger partial charge in [0.05, 0.1) is 0 Å². The average Bonchev–Trinajstić information content (AvgIpc) is 2.28. The number of hydrogen-bond donors (Lipinski definition) is 2. The lowest BCUT2D eigenvalue weighted by molar-refractivity contribution is -0.136. The van der Waals surface area contributed by atoms with Crippen molar-refractivity contribution in [3.8, 4) is 0 Å². The Balaban J connectivity index is 2.61. The predicted molar refractivity (Wildman–Crippen MR) is 63.0 cm³/mol. The second kappa shape index (κ2) is 5.70. The number of para-hydroxylation sites is 1. The van der Waals surface area contributed by atoms with Crippen LogP contribution in [0.2, 0.25) is 0 Å². The molecule has 0 spiro atoms. The Kier molecular flexibility index (Phi) is 4.27. The quantitative estimate of drug-likeness (QED) is 0.592. The molecule has 0 radical (unpaired) electrons. The van der Waals surface area contributed by atoms with Gasteiger partial charge in [-0.1, -0.05) is 24.3 Å². The van der Waals surface area contributed by atoms with Gasteiger partial charge in [0.1, 0.15) is 0 Å². The van der Waals surface area contributed by atoms with Crippen LogP contribution in [-0.4, -0.2) is 18.4 Å². The summed E-state index contributed by atoms with van der Waals surface area (Å²) in [6.07, 6.45) is 1.51. The summed E-state index contributed by atoms with van der Waals surface area (Å²) >= 11 is 0. The van der Waals surface area contributed by atoms with Gasteiger partial charge in [-0.3, -0.25) is 9.59 Å². The van der Waals surface area contributed by atoms with Crippen LogP contribution in [0.5, 0.6) is 0 Å². The minimum atomic E-state index is -0.670. The van der Waals surface area contributed by atoms with E-state index in [1.54, 1.807) is 12.1 Å². The summed E-state index contributed by atoms with van der Waals surface area (Å²) in [6, 6.07) is 7.26. The van der Waals surface area contributed by atoms with Crippen LogP contribution in [0.25, 0.3) is 0 Å². The molecule has 0 saturated carbocycles.